The molecule has 0 saturated heterocycles. The molecule has 0 N–H and O–H groups in total. The summed E-state index contributed by atoms with van der Waals surface area (Å²) in [5.41, 5.74) is 15.2. The van der Waals surface area contributed by atoms with E-state index in [0.717, 1.165) is 89.4 Å². The highest BCUT2D eigenvalue weighted by Crippen LogP contribution is 2.54. The van der Waals surface area contributed by atoms with Crippen molar-refractivity contribution in [2.75, 3.05) is 9.80 Å². The molecule has 0 fully saturated rings. The summed E-state index contributed by atoms with van der Waals surface area (Å²) in [6, 6.07) is 58.9. The predicted octanol–water partition coefficient (Wildman–Crippen LogP) is 20.7. The van der Waals surface area contributed by atoms with E-state index in [0.29, 0.717) is 11.4 Å². The van der Waals surface area contributed by atoms with Crippen LogP contribution in [-0.2, 0) is 12.4 Å². The van der Waals surface area contributed by atoms with Crippen LogP contribution in [0, 0.1) is 5.92 Å². The molecule has 0 radical (unpaired) electrons. The molecule has 4 aliphatic rings. The Hall–Kier alpha value is -8.01. The van der Waals surface area contributed by atoms with Gasteiger partial charge >= 0.3 is 12.4 Å². The molecule has 0 aliphatic heterocycles. The summed E-state index contributed by atoms with van der Waals surface area (Å²) >= 11 is 0. The summed E-state index contributed by atoms with van der Waals surface area (Å²) < 4.78 is 87.1. The third-order valence-corrected chi connectivity index (χ3v) is 26.5. The van der Waals surface area contributed by atoms with E-state index >= 15 is 0 Å². The van der Waals surface area contributed by atoms with Crippen LogP contribution in [0.4, 0.5) is 49.1 Å². The number of rotatable bonds is 14. The van der Waals surface area contributed by atoms with E-state index in [9.17, 15) is 26.3 Å². The molecule has 0 aromatic heterocycles. The third kappa shape index (κ3) is 12.2. The zero-order chi connectivity index (χ0) is 64.0. The van der Waals surface area contributed by atoms with Gasteiger partial charge in [-0.05, 0) is 140 Å². The molecule has 4 aliphatic carbocycles. The maximum Gasteiger partial charge on any atom is 0.416 e. The third-order valence-electron chi connectivity index (χ3n) is 18.2. The molecule has 90 heavy (non-hydrogen) atoms. The van der Waals surface area contributed by atoms with E-state index in [1.54, 1.807) is 24.3 Å². The summed E-state index contributed by atoms with van der Waals surface area (Å²) in [6.07, 6.45) is 8.04. The smallest absolute Gasteiger partial charge is 0.330 e. The monoisotopic (exact) mass is 1270 g/mol. The molecule has 0 saturated carbocycles. The van der Waals surface area contributed by atoms with Crippen LogP contribution >= 0.6 is 0 Å². The van der Waals surface area contributed by atoms with Crippen molar-refractivity contribution in [2.24, 2.45) is 5.92 Å². The number of hydrogen-bond donors (Lipinski definition) is 0. The van der Waals surface area contributed by atoms with Gasteiger partial charge in [-0.2, -0.15) is 26.3 Å². The maximum atomic E-state index is 14.5. The molecule has 0 spiro atoms. The van der Waals surface area contributed by atoms with Gasteiger partial charge in [-0.3, -0.25) is 0 Å². The van der Waals surface area contributed by atoms with E-state index in [4.69, 9.17) is 0 Å². The molecule has 456 valence electrons. The first-order valence-electron chi connectivity index (χ1n) is 31.0. The van der Waals surface area contributed by atoms with Crippen molar-refractivity contribution in [2.45, 2.75) is 97.0 Å². The van der Waals surface area contributed by atoms with E-state index in [-0.39, 0.29) is 5.92 Å². The lowest BCUT2D eigenvalue weighted by molar-refractivity contribution is -0.138. The molecule has 2 nitrogen and oxygen atoms in total. The lowest BCUT2D eigenvalue weighted by Crippen LogP contribution is -2.38. The Labute approximate surface area is 531 Å². The predicted molar refractivity (Wildman–Crippen MR) is 379 cm³/mol. The highest BCUT2D eigenvalue weighted by atomic mass is 28.3. The number of alkyl halides is 6. The van der Waals surface area contributed by atoms with Gasteiger partial charge < -0.3 is 9.80 Å². The van der Waals surface area contributed by atoms with Gasteiger partial charge in [0.2, 0.25) is 0 Å². The van der Waals surface area contributed by atoms with Crippen LogP contribution in [0.1, 0.15) is 11.1 Å². The van der Waals surface area contributed by atoms with Crippen molar-refractivity contribution in [1.29, 1.82) is 0 Å². The van der Waals surface area contributed by atoms with Crippen LogP contribution in [0.2, 0.25) is 78.6 Å². The van der Waals surface area contributed by atoms with Crippen molar-refractivity contribution in [3.05, 3.63) is 275 Å². The Morgan fingerprint density at radius 2 is 0.767 bits per heavy atom. The molecule has 0 amide bonds. The standard InChI is InChI=1S/C78H76F6N2Si4/c1-87(2,3)63-35-13-51(14-36-63)57-25-47-73(69(49-57)53-17-39-65(40-18-53)89(7,8)9)85(61-31-27-59(28-32-61)77(79,80)81)71-45-23-55-22-44-68-72(46-24-56-21-43-67(71)75(55)76(56)68)86(62-33-29-60(30-34-62)78(82,83)84)74-48-26-58(52-15-37-64(38-16-52)88(4,5)6)50-70(74)54-19-41-66(42-20-54)90(10,11)12/h13-50,71,76H,1-12H3. The largest absolute Gasteiger partial charge is 0.416 e. The van der Waals surface area contributed by atoms with Gasteiger partial charge in [0, 0.05) is 34.1 Å². The normalized spacial score (nSPS) is 16.7. The fourth-order valence-electron chi connectivity index (χ4n) is 12.9. The van der Waals surface area contributed by atoms with Gasteiger partial charge in [-0.25, -0.2) is 0 Å². The van der Waals surface area contributed by atoms with Gasteiger partial charge in [-0.15, -0.1) is 0 Å². The Morgan fingerprint density at radius 1 is 0.367 bits per heavy atom. The molecular formula is C78H76F6N2Si4. The number of hydrogen-bond acceptors (Lipinski definition) is 2. The van der Waals surface area contributed by atoms with Crippen molar-refractivity contribution in [3.63, 3.8) is 0 Å². The van der Waals surface area contributed by atoms with E-state index in [1.165, 1.54) is 45.0 Å². The molecule has 12 rings (SSSR count). The van der Waals surface area contributed by atoms with Gasteiger partial charge in [0.1, 0.15) is 0 Å². The van der Waals surface area contributed by atoms with E-state index < -0.39 is 61.8 Å². The quantitative estimate of drug-likeness (QED) is 0.0791. The number of benzene rings is 8. The minimum absolute atomic E-state index is 0.317. The van der Waals surface area contributed by atoms with Crippen molar-refractivity contribution in [3.8, 4) is 44.5 Å². The van der Waals surface area contributed by atoms with Gasteiger partial charge in [0.25, 0.3) is 0 Å². The second-order valence-electron chi connectivity index (χ2n) is 28.5. The molecule has 0 heterocycles. The topological polar surface area (TPSA) is 6.48 Å². The number of allylic oxidation sites excluding steroid dienone is 10. The van der Waals surface area contributed by atoms with Crippen LogP contribution in [0.3, 0.4) is 0 Å². The zero-order valence-corrected chi connectivity index (χ0v) is 57.3. The Morgan fingerprint density at radius 3 is 1.20 bits per heavy atom. The SMILES string of the molecule is C[Si](C)(C)c1ccc(-c2ccc(N(C3=C4C=CC5=C6C(=CC=C(C=C3)C46)C(N(c3ccc(C(F)(F)F)cc3)c3ccc(-c4ccc([Si](C)(C)C)cc4)cc3-c3ccc([Si](C)(C)C)cc3)C=C5)c3ccc(C(F)(F)F)cc3)c(-c3ccc([Si](C)(C)C)cc3)c2)cc1. The Kier molecular flexibility index (Phi) is 15.9. The van der Waals surface area contributed by atoms with Crippen LogP contribution in [0.15, 0.2) is 264 Å². The Balaban J connectivity index is 1.03. The molecule has 8 aromatic carbocycles. The summed E-state index contributed by atoms with van der Waals surface area (Å²) in [4.78, 5) is 4.32. The molecule has 0 bridgehead atoms. The van der Waals surface area contributed by atoms with Crippen LogP contribution in [0.25, 0.3) is 44.5 Å². The van der Waals surface area contributed by atoms with Crippen molar-refractivity contribution >= 4 is 75.8 Å². The highest BCUT2D eigenvalue weighted by molar-refractivity contribution is 6.90. The zero-order valence-electron chi connectivity index (χ0n) is 53.3. The van der Waals surface area contributed by atoms with Gasteiger partial charge in [-0.1, -0.05) is 251 Å². The van der Waals surface area contributed by atoms with Gasteiger partial charge in [0.05, 0.1) is 60.8 Å². The summed E-state index contributed by atoms with van der Waals surface area (Å²) in [5.74, 6) is -0.317. The van der Waals surface area contributed by atoms with Crippen molar-refractivity contribution in [1.82, 2.24) is 0 Å². The number of anilines is 4. The first-order chi connectivity index (χ1) is 42.4. The average molecular weight is 1270 g/mol. The first-order valence-corrected chi connectivity index (χ1v) is 45.0. The highest BCUT2D eigenvalue weighted by Gasteiger charge is 2.42. The summed E-state index contributed by atoms with van der Waals surface area (Å²) in [5, 5.41) is 5.34. The second-order valence-corrected chi connectivity index (χ2v) is 48.8. The van der Waals surface area contributed by atoms with Gasteiger partial charge in [0.15, 0.2) is 0 Å². The fourth-order valence-corrected chi connectivity index (χ4v) is 17.6. The van der Waals surface area contributed by atoms with Crippen molar-refractivity contribution < 1.29 is 26.3 Å². The molecular weight excluding hydrogens is 1190 g/mol. The molecule has 8 aromatic rings. The lowest BCUT2D eigenvalue weighted by atomic mass is 9.67. The average Bonchev–Trinajstić information content (AvgIpc) is 0.727. The van der Waals surface area contributed by atoms with Crippen LogP contribution in [0.5, 0.6) is 0 Å². The number of nitrogens with zero attached hydrogens (tertiary/aromatic N) is 2. The first kappa shape index (κ1) is 62.2. The van der Waals surface area contributed by atoms with E-state index in [2.05, 4.69) is 270 Å². The second kappa shape index (κ2) is 23.0. The summed E-state index contributed by atoms with van der Waals surface area (Å²) in [7, 11) is -6.61. The molecule has 2 atom stereocenters. The number of halogens is 6. The van der Waals surface area contributed by atoms with Crippen LogP contribution in [-0.4, -0.2) is 38.3 Å². The summed E-state index contributed by atoms with van der Waals surface area (Å²) in [6.45, 7) is 28.0. The molecule has 2 unspecified atom stereocenters. The minimum Gasteiger partial charge on any atom is -0.330 e. The fraction of sp³-hybridized carbons (Fsp3) is 0.205. The lowest BCUT2D eigenvalue weighted by Gasteiger charge is -2.44. The van der Waals surface area contributed by atoms with Crippen LogP contribution < -0.4 is 30.5 Å². The van der Waals surface area contributed by atoms with E-state index in [1.807, 2.05) is 0 Å². The molecule has 12 heteroatoms. The minimum atomic E-state index is -4.55. The maximum absolute atomic E-state index is 14.5. The Bertz CT molecular complexity index is 4310.